The van der Waals surface area contributed by atoms with Crippen molar-refractivity contribution in [3.05, 3.63) is 59.7 Å². The molecule has 5 rings (SSSR count). The van der Waals surface area contributed by atoms with E-state index >= 15 is 0 Å². The zero-order valence-corrected chi connectivity index (χ0v) is 18.9. The minimum Gasteiger partial charge on any atom is -0.497 e. The summed E-state index contributed by atoms with van der Waals surface area (Å²) in [7, 11) is 1.66. The molecule has 1 amide bonds. The molecule has 176 valence electrons. The standard InChI is InChI=1S/C24H33N7O2/c1-33-19-8-4-17(5-9-19)22-28-20-14-26-30-24(32)21(20)23(29-22)27-18-6-2-16(3-7-18)15-31-12-10-25-11-13-31/h2-9,20-23,25-29H,10-15H2,1H3,(H,30,32). The van der Waals surface area contributed by atoms with Crippen LogP contribution in [0.25, 0.3) is 0 Å². The van der Waals surface area contributed by atoms with Gasteiger partial charge in [0.2, 0.25) is 5.91 Å². The van der Waals surface area contributed by atoms with Crippen LogP contribution in [0.4, 0.5) is 5.69 Å². The molecule has 0 aromatic heterocycles. The van der Waals surface area contributed by atoms with E-state index in [-0.39, 0.29) is 30.2 Å². The summed E-state index contributed by atoms with van der Waals surface area (Å²) in [5.41, 5.74) is 9.19. The highest BCUT2D eigenvalue weighted by Crippen LogP contribution is 2.27. The van der Waals surface area contributed by atoms with Crippen LogP contribution < -0.4 is 36.9 Å². The molecule has 3 fully saturated rings. The van der Waals surface area contributed by atoms with E-state index in [0.717, 1.165) is 49.7 Å². The number of carbonyl (C=O) groups excluding carboxylic acids is 1. The summed E-state index contributed by atoms with van der Waals surface area (Å²) in [6, 6.07) is 16.6. The van der Waals surface area contributed by atoms with Gasteiger partial charge in [-0.25, -0.2) is 5.43 Å². The fraction of sp³-hybridized carbons (Fsp3) is 0.458. The van der Waals surface area contributed by atoms with Crippen LogP contribution in [0, 0.1) is 5.92 Å². The van der Waals surface area contributed by atoms with Gasteiger partial charge in [-0.2, -0.15) is 0 Å². The van der Waals surface area contributed by atoms with E-state index in [1.54, 1.807) is 7.11 Å². The fourth-order valence-corrected chi connectivity index (χ4v) is 4.87. The molecule has 0 saturated carbocycles. The zero-order chi connectivity index (χ0) is 22.6. The van der Waals surface area contributed by atoms with Crippen molar-refractivity contribution in [1.82, 2.24) is 31.7 Å². The molecule has 2 aromatic carbocycles. The number of amides is 1. The second-order valence-corrected chi connectivity index (χ2v) is 8.89. The van der Waals surface area contributed by atoms with E-state index < -0.39 is 0 Å². The second-order valence-electron chi connectivity index (χ2n) is 8.89. The van der Waals surface area contributed by atoms with E-state index in [4.69, 9.17) is 4.74 Å². The highest BCUT2D eigenvalue weighted by Gasteiger charge is 2.43. The average Bonchev–Trinajstić information content (AvgIpc) is 2.86. The van der Waals surface area contributed by atoms with Gasteiger partial charge in [0, 0.05) is 51.0 Å². The molecule has 0 aliphatic carbocycles. The Kier molecular flexibility index (Phi) is 6.75. The van der Waals surface area contributed by atoms with Crippen LogP contribution in [0.15, 0.2) is 48.5 Å². The van der Waals surface area contributed by atoms with Gasteiger partial charge in [0.25, 0.3) is 0 Å². The molecule has 33 heavy (non-hydrogen) atoms. The number of fused-ring (bicyclic) bond motifs is 1. The SMILES string of the molecule is COc1ccc(C2NC3CNNC(=O)C3C(Nc3ccc(CN4CCNCC4)cc3)N2)cc1. The normalized spacial score (nSPS) is 28.0. The lowest BCUT2D eigenvalue weighted by molar-refractivity contribution is -0.131. The Morgan fingerprint density at radius 3 is 2.52 bits per heavy atom. The molecule has 3 saturated heterocycles. The van der Waals surface area contributed by atoms with Gasteiger partial charge in [-0.3, -0.25) is 25.8 Å². The van der Waals surface area contributed by atoms with Crippen molar-refractivity contribution in [2.24, 2.45) is 5.92 Å². The van der Waals surface area contributed by atoms with Crippen molar-refractivity contribution >= 4 is 11.6 Å². The zero-order valence-electron chi connectivity index (χ0n) is 18.9. The van der Waals surface area contributed by atoms with Crippen molar-refractivity contribution in [3.63, 3.8) is 0 Å². The van der Waals surface area contributed by atoms with E-state index in [2.05, 4.69) is 61.3 Å². The third-order valence-electron chi connectivity index (χ3n) is 6.70. The predicted molar refractivity (Wildman–Crippen MR) is 127 cm³/mol. The molecule has 4 atom stereocenters. The number of hydrazine groups is 1. The van der Waals surface area contributed by atoms with E-state index in [1.165, 1.54) is 5.56 Å². The summed E-state index contributed by atoms with van der Waals surface area (Å²) in [4.78, 5) is 15.2. The Hall–Kier alpha value is -2.69. The van der Waals surface area contributed by atoms with Crippen LogP contribution in [0.3, 0.4) is 0 Å². The molecule has 4 unspecified atom stereocenters. The van der Waals surface area contributed by atoms with E-state index in [0.29, 0.717) is 6.54 Å². The maximum atomic E-state index is 12.7. The summed E-state index contributed by atoms with van der Waals surface area (Å²) >= 11 is 0. The number of nitrogens with zero attached hydrogens (tertiary/aromatic N) is 1. The second kappa shape index (κ2) is 10.1. The molecule has 9 nitrogen and oxygen atoms in total. The van der Waals surface area contributed by atoms with Gasteiger partial charge >= 0.3 is 0 Å². The summed E-state index contributed by atoms with van der Waals surface area (Å²) in [6.07, 6.45) is -0.307. The van der Waals surface area contributed by atoms with Gasteiger partial charge < -0.3 is 15.4 Å². The number of hydrogen-bond acceptors (Lipinski definition) is 8. The number of rotatable bonds is 6. The van der Waals surface area contributed by atoms with Crippen molar-refractivity contribution in [1.29, 1.82) is 0 Å². The lowest BCUT2D eigenvalue weighted by Gasteiger charge is -2.46. The number of anilines is 1. The van der Waals surface area contributed by atoms with Crippen LogP contribution in [0.1, 0.15) is 17.3 Å². The number of piperazine rings is 1. The van der Waals surface area contributed by atoms with Crippen LogP contribution >= 0.6 is 0 Å². The van der Waals surface area contributed by atoms with E-state index in [1.807, 2.05) is 24.3 Å². The van der Waals surface area contributed by atoms with Crippen LogP contribution in [0.5, 0.6) is 5.75 Å². The van der Waals surface area contributed by atoms with Gasteiger partial charge in [-0.1, -0.05) is 24.3 Å². The Balaban J connectivity index is 1.30. The smallest absolute Gasteiger partial charge is 0.242 e. The molecule has 0 spiro atoms. The largest absolute Gasteiger partial charge is 0.497 e. The topological polar surface area (TPSA) is 102 Å². The van der Waals surface area contributed by atoms with Crippen molar-refractivity contribution in [2.75, 3.05) is 45.2 Å². The first-order valence-electron chi connectivity index (χ1n) is 11.7. The summed E-state index contributed by atoms with van der Waals surface area (Å²) in [5.74, 6) is 0.551. The Morgan fingerprint density at radius 1 is 1.03 bits per heavy atom. The Morgan fingerprint density at radius 2 is 1.79 bits per heavy atom. The molecular formula is C24H33N7O2. The fourth-order valence-electron chi connectivity index (χ4n) is 4.87. The van der Waals surface area contributed by atoms with Crippen molar-refractivity contribution < 1.29 is 9.53 Å². The predicted octanol–water partition coefficient (Wildman–Crippen LogP) is 0.349. The van der Waals surface area contributed by atoms with Crippen LogP contribution in [-0.4, -0.2) is 62.8 Å². The third-order valence-corrected chi connectivity index (χ3v) is 6.70. The number of hydrogen-bond donors (Lipinski definition) is 6. The minimum atomic E-state index is -0.249. The summed E-state index contributed by atoms with van der Waals surface area (Å²) < 4.78 is 5.29. The highest BCUT2D eigenvalue weighted by molar-refractivity contribution is 5.81. The Labute approximate surface area is 194 Å². The van der Waals surface area contributed by atoms with Gasteiger partial charge in [0.05, 0.1) is 25.4 Å². The first kappa shape index (κ1) is 22.1. The molecule has 0 bridgehead atoms. The Bertz CT molecular complexity index is 931. The number of carbonyl (C=O) groups is 1. The lowest BCUT2D eigenvalue weighted by Crippen LogP contribution is -2.71. The number of nitrogens with one attached hydrogen (secondary N) is 6. The van der Waals surface area contributed by atoms with Crippen LogP contribution in [0.2, 0.25) is 0 Å². The first-order chi connectivity index (χ1) is 16.2. The molecule has 6 N–H and O–H groups in total. The number of ether oxygens (including phenoxy) is 1. The minimum absolute atomic E-state index is 0.00316. The molecule has 3 aliphatic heterocycles. The summed E-state index contributed by atoms with van der Waals surface area (Å²) in [6.45, 7) is 5.89. The maximum absolute atomic E-state index is 12.7. The van der Waals surface area contributed by atoms with Gasteiger partial charge in [-0.15, -0.1) is 0 Å². The molecule has 3 aliphatic rings. The molecule has 3 heterocycles. The number of benzene rings is 2. The molecule has 0 radical (unpaired) electrons. The quantitative estimate of drug-likeness (QED) is 0.374. The highest BCUT2D eigenvalue weighted by atomic mass is 16.5. The van der Waals surface area contributed by atoms with Crippen molar-refractivity contribution in [2.45, 2.75) is 24.9 Å². The maximum Gasteiger partial charge on any atom is 0.242 e. The lowest BCUT2D eigenvalue weighted by atomic mass is 9.89. The third kappa shape index (κ3) is 5.13. The van der Waals surface area contributed by atoms with E-state index in [9.17, 15) is 4.79 Å². The molecule has 9 heteroatoms. The monoisotopic (exact) mass is 451 g/mol. The van der Waals surface area contributed by atoms with Gasteiger partial charge in [-0.05, 0) is 35.4 Å². The van der Waals surface area contributed by atoms with Gasteiger partial charge in [0.1, 0.15) is 5.75 Å². The van der Waals surface area contributed by atoms with Crippen molar-refractivity contribution in [3.8, 4) is 5.75 Å². The van der Waals surface area contributed by atoms with Gasteiger partial charge in [0.15, 0.2) is 0 Å². The van der Waals surface area contributed by atoms with Crippen LogP contribution in [-0.2, 0) is 11.3 Å². The number of methoxy groups -OCH3 is 1. The average molecular weight is 452 g/mol. The molecule has 2 aromatic rings. The molecular weight excluding hydrogens is 418 g/mol. The first-order valence-corrected chi connectivity index (χ1v) is 11.7. The summed E-state index contributed by atoms with van der Waals surface area (Å²) in [5, 5.41) is 14.2.